The van der Waals surface area contributed by atoms with Gasteiger partial charge in [0, 0.05) is 0 Å². The molecule has 1 aliphatic rings. The lowest BCUT2D eigenvalue weighted by atomic mass is 9.98. The Morgan fingerprint density at radius 2 is 1.02 bits per heavy atom. The van der Waals surface area contributed by atoms with Gasteiger partial charge in [-0.3, -0.25) is 4.79 Å². The summed E-state index contributed by atoms with van der Waals surface area (Å²) >= 11 is 0. The van der Waals surface area contributed by atoms with E-state index in [4.69, 9.17) is 9.47 Å². The Morgan fingerprint density at radius 1 is 0.576 bits per heavy atom. The highest BCUT2D eigenvalue weighted by atomic mass is 16.7. The molecule has 1 heterocycles. The summed E-state index contributed by atoms with van der Waals surface area (Å²) in [6.45, 7) is 3.40. The SMILES string of the molecule is CCCCCCCCC/C=C/CC/C=C/CC/C=C/CCCC(O)C(O)C(COC1OC(CO)C(O)C(O)C1O)NC(=O)C(O)CCCCCCCCCCCCCC. The van der Waals surface area contributed by atoms with Gasteiger partial charge in [-0.25, -0.2) is 0 Å². The third-order valence-electron chi connectivity index (χ3n) is 11.4. The van der Waals surface area contributed by atoms with Crippen molar-refractivity contribution >= 4 is 5.91 Å². The Morgan fingerprint density at radius 3 is 1.51 bits per heavy atom. The zero-order valence-electron chi connectivity index (χ0n) is 37.2. The molecule has 0 radical (unpaired) electrons. The second-order valence-electron chi connectivity index (χ2n) is 16.8. The van der Waals surface area contributed by atoms with E-state index in [1.165, 1.54) is 103 Å². The predicted octanol–water partition coefficient (Wildman–Crippen LogP) is 8.00. The van der Waals surface area contributed by atoms with Crippen LogP contribution in [0.15, 0.2) is 36.5 Å². The minimum atomic E-state index is -1.67. The van der Waals surface area contributed by atoms with E-state index >= 15 is 0 Å². The predicted molar refractivity (Wildman–Crippen MR) is 238 cm³/mol. The fraction of sp³-hybridized carbons (Fsp3) is 0.854. The average Bonchev–Trinajstić information content (AvgIpc) is 3.23. The van der Waals surface area contributed by atoms with E-state index in [9.17, 15) is 40.5 Å². The molecule has 59 heavy (non-hydrogen) atoms. The van der Waals surface area contributed by atoms with Gasteiger partial charge in [-0.2, -0.15) is 0 Å². The third kappa shape index (κ3) is 27.8. The quantitative estimate of drug-likeness (QED) is 0.0223. The first-order valence-electron chi connectivity index (χ1n) is 23.9. The second kappa shape index (κ2) is 38.0. The number of aliphatic hydroxyl groups is 7. The summed E-state index contributed by atoms with van der Waals surface area (Å²) in [6, 6.07) is -1.19. The number of hydrogen-bond donors (Lipinski definition) is 8. The number of carbonyl (C=O) groups is 1. The highest BCUT2D eigenvalue weighted by molar-refractivity contribution is 5.80. The topological polar surface area (TPSA) is 189 Å². The molecule has 8 N–H and O–H groups in total. The van der Waals surface area contributed by atoms with Gasteiger partial charge >= 0.3 is 0 Å². The summed E-state index contributed by atoms with van der Waals surface area (Å²) in [6.07, 6.45) is 31.9. The molecule has 0 bridgehead atoms. The molecule has 0 aromatic rings. The summed E-state index contributed by atoms with van der Waals surface area (Å²) in [5.74, 6) is -0.714. The van der Waals surface area contributed by atoms with Gasteiger partial charge in [0.25, 0.3) is 0 Å². The zero-order chi connectivity index (χ0) is 43.4. The molecule has 11 nitrogen and oxygen atoms in total. The van der Waals surface area contributed by atoms with Crippen molar-refractivity contribution in [2.24, 2.45) is 0 Å². The molecular formula is C48H89NO10. The first kappa shape index (κ1) is 55.3. The highest BCUT2D eigenvalue weighted by Crippen LogP contribution is 2.23. The average molecular weight is 840 g/mol. The highest BCUT2D eigenvalue weighted by Gasteiger charge is 2.44. The van der Waals surface area contributed by atoms with E-state index < -0.39 is 74.2 Å². The van der Waals surface area contributed by atoms with Gasteiger partial charge in [-0.1, -0.05) is 166 Å². The van der Waals surface area contributed by atoms with Crippen LogP contribution in [0.3, 0.4) is 0 Å². The van der Waals surface area contributed by atoms with Gasteiger partial charge in [0.1, 0.15) is 36.6 Å². The van der Waals surface area contributed by atoms with Crippen LogP contribution in [0.5, 0.6) is 0 Å². The molecule has 0 aromatic heterocycles. The van der Waals surface area contributed by atoms with Gasteiger partial charge in [0.2, 0.25) is 5.91 Å². The Balaban J connectivity index is 2.47. The van der Waals surface area contributed by atoms with Gasteiger partial charge in [-0.15, -0.1) is 0 Å². The van der Waals surface area contributed by atoms with Crippen molar-refractivity contribution in [2.45, 2.75) is 249 Å². The van der Waals surface area contributed by atoms with Crippen LogP contribution in [0.1, 0.15) is 194 Å². The maximum atomic E-state index is 13.1. The largest absolute Gasteiger partial charge is 0.394 e. The maximum absolute atomic E-state index is 13.1. The molecule has 1 rings (SSSR count). The fourth-order valence-electron chi connectivity index (χ4n) is 7.41. The summed E-state index contributed by atoms with van der Waals surface area (Å²) in [5, 5.41) is 75.6. The summed E-state index contributed by atoms with van der Waals surface area (Å²) in [4.78, 5) is 13.1. The van der Waals surface area contributed by atoms with Crippen LogP contribution in [0, 0.1) is 0 Å². The number of hydrogen-bond acceptors (Lipinski definition) is 10. The van der Waals surface area contributed by atoms with Crippen molar-refractivity contribution in [2.75, 3.05) is 13.2 Å². The molecule has 1 saturated heterocycles. The van der Waals surface area contributed by atoms with E-state index in [0.717, 1.165) is 44.9 Å². The monoisotopic (exact) mass is 840 g/mol. The van der Waals surface area contributed by atoms with Crippen LogP contribution in [-0.4, -0.2) is 110 Å². The number of rotatable bonds is 39. The molecule has 346 valence electrons. The first-order chi connectivity index (χ1) is 28.7. The summed E-state index contributed by atoms with van der Waals surface area (Å²) in [5.41, 5.74) is 0. The lowest BCUT2D eigenvalue weighted by molar-refractivity contribution is -0.303. The molecule has 9 unspecified atom stereocenters. The lowest BCUT2D eigenvalue weighted by Crippen LogP contribution is -2.60. The number of nitrogens with one attached hydrogen (secondary N) is 1. The minimum absolute atomic E-state index is 0.242. The van der Waals surface area contributed by atoms with Crippen LogP contribution < -0.4 is 5.32 Å². The number of carbonyl (C=O) groups excluding carboxylic acids is 1. The van der Waals surface area contributed by atoms with Crippen LogP contribution in [0.4, 0.5) is 0 Å². The molecule has 0 spiro atoms. The molecule has 9 atom stereocenters. The van der Waals surface area contributed by atoms with Gasteiger partial charge in [0.15, 0.2) is 6.29 Å². The lowest BCUT2D eigenvalue weighted by Gasteiger charge is -2.40. The molecule has 1 fully saturated rings. The number of unbranched alkanes of at least 4 members (excludes halogenated alkanes) is 21. The molecular weight excluding hydrogens is 751 g/mol. The van der Waals surface area contributed by atoms with Crippen molar-refractivity contribution in [3.05, 3.63) is 36.5 Å². The van der Waals surface area contributed by atoms with E-state index in [2.05, 4.69) is 55.6 Å². The van der Waals surface area contributed by atoms with Gasteiger partial charge in [0.05, 0.1) is 25.4 Å². The molecule has 0 saturated carbocycles. The molecule has 0 aliphatic carbocycles. The molecule has 0 aromatic carbocycles. The van der Waals surface area contributed by atoms with Crippen molar-refractivity contribution in [3.63, 3.8) is 0 Å². The van der Waals surface area contributed by atoms with Crippen LogP contribution >= 0.6 is 0 Å². The van der Waals surface area contributed by atoms with E-state index in [1.807, 2.05) is 0 Å². The number of allylic oxidation sites excluding steroid dienone is 6. The smallest absolute Gasteiger partial charge is 0.249 e. The summed E-state index contributed by atoms with van der Waals surface area (Å²) in [7, 11) is 0. The number of aliphatic hydroxyl groups excluding tert-OH is 7. The second-order valence-corrected chi connectivity index (χ2v) is 16.8. The minimum Gasteiger partial charge on any atom is -0.394 e. The van der Waals surface area contributed by atoms with Gasteiger partial charge < -0.3 is 50.5 Å². The van der Waals surface area contributed by atoms with Crippen LogP contribution in [0.25, 0.3) is 0 Å². The maximum Gasteiger partial charge on any atom is 0.249 e. The first-order valence-corrected chi connectivity index (χ1v) is 23.9. The molecule has 1 aliphatic heterocycles. The fourth-order valence-corrected chi connectivity index (χ4v) is 7.41. The van der Waals surface area contributed by atoms with E-state index in [1.54, 1.807) is 0 Å². The standard InChI is InChI=1S/C48H89NO10/c1-3-5-7-9-11-13-15-17-18-19-20-21-22-23-24-26-27-29-31-33-35-40(51)43(53)39(38-58-48-46(56)45(55)44(54)42(37-50)59-48)49-47(57)41(52)36-34-32-30-28-25-16-14-12-10-8-6-4-2/h18-19,22-23,27,29,39-46,48,50-56H,3-17,20-21,24-26,28,30-38H2,1-2H3,(H,49,57)/b19-18+,23-22+,29-27+. The van der Waals surface area contributed by atoms with Crippen molar-refractivity contribution in [1.29, 1.82) is 0 Å². The van der Waals surface area contributed by atoms with Crippen molar-refractivity contribution in [1.82, 2.24) is 5.32 Å². The Bertz CT molecular complexity index is 1050. The van der Waals surface area contributed by atoms with Crippen molar-refractivity contribution < 1.29 is 50.0 Å². The number of ether oxygens (including phenoxy) is 2. The Labute approximate surface area is 358 Å². The Kier molecular flexibility index (Phi) is 35.7. The molecule has 1 amide bonds. The van der Waals surface area contributed by atoms with Crippen LogP contribution in [-0.2, 0) is 14.3 Å². The number of amides is 1. The normalized spacial score (nSPS) is 22.1. The third-order valence-corrected chi connectivity index (χ3v) is 11.4. The summed E-state index contributed by atoms with van der Waals surface area (Å²) < 4.78 is 11.1. The van der Waals surface area contributed by atoms with Gasteiger partial charge in [-0.05, 0) is 64.2 Å². The van der Waals surface area contributed by atoms with Crippen molar-refractivity contribution in [3.8, 4) is 0 Å². The Hall–Kier alpha value is -1.67. The van der Waals surface area contributed by atoms with Crippen LogP contribution in [0.2, 0.25) is 0 Å². The van der Waals surface area contributed by atoms with E-state index in [0.29, 0.717) is 19.3 Å². The van der Waals surface area contributed by atoms with E-state index in [-0.39, 0.29) is 12.8 Å². The molecule has 11 heteroatoms. The zero-order valence-corrected chi connectivity index (χ0v) is 37.2.